The number of fused-ring (bicyclic) bond motifs is 14. The molecule has 0 saturated carbocycles. The van der Waals surface area contributed by atoms with Crippen LogP contribution in [0, 0.1) is 0 Å². The lowest BCUT2D eigenvalue weighted by atomic mass is 9.96. The van der Waals surface area contributed by atoms with E-state index >= 15 is 0 Å². The Labute approximate surface area is 429 Å². The first kappa shape index (κ1) is 41.4. The number of rotatable bonds is 6. The summed E-state index contributed by atoms with van der Waals surface area (Å²) in [5.74, 6) is 1.69. The number of aromatic nitrogens is 5. The first-order valence-electron chi connectivity index (χ1n) is 25.4. The zero-order valence-electron chi connectivity index (χ0n) is 40.3. The molecule has 0 aliphatic rings. The molecule has 0 fully saturated rings. The molecule has 16 rings (SSSR count). The quantitative estimate of drug-likeness (QED) is 0.167. The summed E-state index contributed by atoms with van der Waals surface area (Å²) in [5.41, 5.74) is 12.8. The van der Waals surface area contributed by atoms with E-state index in [0.29, 0.717) is 17.5 Å². The molecule has 0 unspecified atom stereocenters. The maximum absolute atomic E-state index is 7.05. The van der Waals surface area contributed by atoms with Gasteiger partial charge in [-0.2, -0.15) is 0 Å². The van der Waals surface area contributed by atoms with E-state index in [9.17, 15) is 0 Å². The third kappa shape index (κ3) is 6.30. The highest BCUT2D eigenvalue weighted by Gasteiger charge is 2.29. The predicted octanol–water partition coefficient (Wildman–Crippen LogP) is 18.1. The highest BCUT2D eigenvalue weighted by Crippen LogP contribution is 2.49. The van der Waals surface area contributed by atoms with E-state index in [1.807, 2.05) is 6.07 Å². The largest absolute Gasteiger partial charge is 0.455 e. The van der Waals surface area contributed by atoms with E-state index in [1.54, 1.807) is 0 Å². The van der Waals surface area contributed by atoms with Crippen LogP contribution >= 0.6 is 0 Å². The van der Waals surface area contributed by atoms with Crippen LogP contribution in [0.2, 0.25) is 0 Å². The molecule has 4 aromatic heterocycles. The van der Waals surface area contributed by atoms with Crippen LogP contribution in [0.3, 0.4) is 0 Å². The fourth-order valence-corrected chi connectivity index (χ4v) is 12.0. The summed E-state index contributed by atoms with van der Waals surface area (Å²) in [6, 6.07) is 88.6. The molecule has 0 bridgehead atoms. The molecule has 0 atom stereocenters. The number of benzene rings is 12. The minimum Gasteiger partial charge on any atom is -0.455 e. The Bertz CT molecular complexity index is 5010. The minimum absolute atomic E-state index is 0.554. The van der Waals surface area contributed by atoms with Gasteiger partial charge in [-0.25, -0.2) is 15.0 Å². The van der Waals surface area contributed by atoms with E-state index in [-0.39, 0.29) is 0 Å². The molecule has 0 N–H and O–H groups in total. The van der Waals surface area contributed by atoms with Crippen LogP contribution in [0.25, 0.3) is 155 Å². The van der Waals surface area contributed by atoms with Crippen LogP contribution in [0.1, 0.15) is 0 Å². The van der Waals surface area contributed by atoms with Gasteiger partial charge in [0.25, 0.3) is 0 Å². The lowest BCUT2D eigenvalue weighted by molar-refractivity contribution is 0.672. The third-order valence-corrected chi connectivity index (χ3v) is 15.3. The van der Waals surface area contributed by atoms with Crippen molar-refractivity contribution in [1.29, 1.82) is 0 Å². The summed E-state index contributed by atoms with van der Waals surface area (Å²) >= 11 is 0. The average Bonchev–Trinajstić information content (AvgIpc) is 4.15. The fraction of sp³-hybridized carbons (Fsp3) is 0. The smallest absolute Gasteiger partial charge is 0.166 e. The summed E-state index contributed by atoms with van der Waals surface area (Å²) in [5, 5.41) is 13.3. The molecule has 0 aliphatic heterocycles. The number of hydrogen-bond donors (Lipinski definition) is 0. The Morgan fingerprint density at radius 2 is 0.880 bits per heavy atom. The summed E-state index contributed by atoms with van der Waals surface area (Å²) in [6.07, 6.45) is 0. The molecule has 75 heavy (non-hydrogen) atoms. The van der Waals surface area contributed by atoms with Gasteiger partial charge in [-0.05, 0) is 92.7 Å². The van der Waals surface area contributed by atoms with Crippen molar-refractivity contribution in [2.45, 2.75) is 0 Å². The minimum atomic E-state index is 0.554. The third-order valence-electron chi connectivity index (χ3n) is 15.3. The van der Waals surface area contributed by atoms with Crippen molar-refractivity contribution in [3.8, 4) is 56.7 Å². The lowest BCUT2D eigenvalue weighted by Crippen LogP contribution is -2.05. The second-order valence-electron chi connectivity index (χ2n) is 19.5. The maximum Gasteiger partial charge on any atom is 0.166 e. The molecule has 0 saturated heterocycles. The maximum atomic E-state index is 7.05. The molecule has 16 aromatic rings. The highest BCUT2D eigenvalue weighted by atomic mass is 16.3. The van der Waals surface area contributed by atoms with Gasteiger partial charge in [0, 0.05) is 49.1 Å². The van der Waals surface area contributed by atoms with Gasteiger partial charge in [-0.15, -0.1) is 0 Å². The summed E-state index contributed by atoms with van der Waals surface area (Å²) in [4.78, 5) is 16.9. The van der Waals surface area contributed by atoms with Gasteiger partial charge in [0.05, 0.1) is 38.7 Å². The molecule has 0 spiro atoms. The first-order valence-corrected chi connectivity index (χ1v) is 25.4. The van der Waals surface area contributed by atoms with Crippen LogP contribution in [-0.4, -0.2) is 24.1 Å². The molecule has 4 heterocycles. The van der Waals surface area contributed by atoms with Crippen molar-refractivity contribution in [2.75, 3.05) is 0 Å². The van der Waals surface area contributed by atoms with Crippen molar-refractivity contribution in [2.24, 2.45) is 0 Å². The highest BCUT2D eigenvalue weighted by molar-refractivity contribution is 6.28. The van der Waals surface area contributed by atoms with Gasteiger partial charge in [0.15, 0.2) is 17.5 Å². The van der Waals surface area contributed by atoms with E-state index in [2.05, 4.69) is 252 Å². The average molecular weight is 956 g/mol. The molecular weight excluding hydrogens is 915 g/mol. The summed E-state index contributed by atoms with van der Waals surface area (Å²) in [7, 11) is 0. The lowest BCUT2D eigenvalue weighted by Gasteiger charge is -2.19. The van der Waals surface area contributed by atoms with Crippen LogP contribution < -0.4 is 0 Å². The Morgan fingerprint density at radius 1 is 0.293 bits per heavy atom. The van der Waals surface area contributed by atoms with Crippen molar-refractivity contribution in [1.82, 2.24) is 24.1 Å². The zero-order valence-corrected chi connectivity index (χ0v) is 40.3. The number of furan rings is 1. The van der Waals surface area contributed by atoms with E-state index in [0.717, 1.165) is 110 Å². The normalized spacial score (nSPS) is 12.0. The topological polar surface area (TPSA) is 61.7 Å². The molecule has 0 radical (unpaired) electrons. The summed E-state index contributed by atoms with van der Waals surface area (Å²) in [6.45, 7) is 0. The van der Waals surface area contributed by atoms with Gasteiger partial charge in [0.1, 0.15) is 11.2 Å². The molecule has 12 aromatic carbocycles. The molecule has 348 valence electrons. The Hall–Kier alpha value is -10.2. The zero-order chi connectivity index (χ0) is 49.1. The van der Waals surface area contributed by atoms with Crippen molar-refractivity contribution in [3.63, 3.8) is 0 Å². The van der Waals surface area contributed by atoms with Crippen LogP contribution in [0.5, 0.6) is 0 Å². The first-order chi connectivity index (χ1) is 37.2. The summed E-state index contributed by atoms with van der Waals surface area (Å²) < 4.78 is 11.9. The van der Waals surface area contributed by atoms with E-state index in [4.69, 9.17) is 19.4 Å². The molecule has 0 amide bonds. The standard InChI is InChI=1S/C69H41N5O/c1-3-18-42(19-4-1)44-23-17-24-47(38-44)67-70-68(48-34-36-52-51-28-13-15-32-57(51)73(59(52)41-48)49-25-5-2-6-26-49)72-69(71-67)64-53-29-11-12-30-54(53)66-63(55-31-14-16-33-61(55)75-66)65(64)74-58-37-35-43-20-9-10-27-50(43)62(58)56-39-45-21-7-8-22-46(45)40-60(56)74/h1-41H. The van der Waals surface area contributed by atoms with Gasteiger partial charge < -0.3 is 13.6 Å². The molecule has 6 nitrogen and oxygen atoms in total. The number of nitrogens with zero attached hydrogens (tertiary/aromatic N) is 5. The predicted molar refractivity (Wildman–Crippen MR) is 310 cm³/mol. The second-order valence-corrected chi connectivity index (χ2v) is 19.5. The van der Waals surface area contributed by atoms with Crippen LogP contribution in [-0.2, 0) is 0 Å². The van der Waals surface area contributed by atoms with Crippen LogP contribution in [0.4, 0.5) is 0 Å². The molecule has 0 aliphatic carbocycles. The number of hydrogen-bond acceptors (Lipinski definition) is 4. The fourth-order valence-electron chi connectivity index (χ4n) is 12.0. The second kappa shape index (κ2) is 16.2. The Morgan fingerprint density at radius 3 is 1.69 bits per heavy atom. The van der Waals surface area contributed by atoms with Gasteiger partial charge in [-0.3, -0.25) is 0 Å². The number of para-hydroxylation sites is 3. The van der Waals surface area contributed by atoms with Crippen molar-refractivity contribution >= 4 is 97.9 Å². The SMILES string of the molecule is c1ccc(-c2cccc(-c3nc(-c4ccc5c6ccccc6n(-c6ccccc6)c5c4)nc(-c4c(-n5c6cc7ccccc7cc6c6c7ccccc7ccc65)c5c6ccccc6oc5c5ccccc45)n3)c2)cc1. The molecular formula is C69H41N5O. The molecule has 6 heteroatoms. The van der Waals surface area contributed by atoms with E-state index < -0.39 is 0 Å². The van der Waals surface area contributed by atoms with Gasteiger partial charge in [0.2, 0.25) is 0 Å². The Kier molecular flexibility index (Phi) is 8.94. The van der Waals surface area contributed by atoms with Crippen molar-refractivity contribution < 1.29 is 4.42 Å². The Balaban J connectivity index is 1.07. The van der Waals surface area contributed by atoms with Gasteiger partial charge >= 0.3 is 0 Å². The van der Waals surface area contributed by atoms with Gasteiger partial charge in [-0.1, -0.05) is 194 Å². The monoisotopic (exact) mass is 955 g/mol. The van der Waals surface area contributed by atoms with Crippen molar-refractivity contribution in [3.05, 3.63) is 249 Å². The van der Waals surface area contributed by atoms with E-state index in [1.165, 1.54) is 26.9 Å². The van der Waals surface area contributed by atoms with Crippen LogP contribution in [0.15, 0.2) is 253 Å².